The van der Waals surface area contributed by atoms with Crippen LogP contribution in [0.3, 0.4) is 0 Å². The molecule has 2 fully saturated rings. The van der Waals surface area contributed by atoms with Crippen LogP contribution in [-0.2, 0) is 10.0 Å². The molecule has 8 nitrogen and oxygen atoms in total. The number of piperidine rings is 1. The predicted octanol–water partition coefficient (Wildman–Crippen LogP) is 3.41. The summed E-state index contributed by atoms with van der Waals surface area (Å²) in [6, 6.07) is 14.5. The average Bonchev–Trinajstić information content (AvgIpc) is 3.34. The summed E-state index contributed by atoms with van der Waals surface area (Å²) in [6.45, 7) is 7.52. The summed E-state index contributed by atoms with van der Waals surface area (Å²) in [5.41, 5.74) is 1.52. The summed E-state index contributed by atoms with van der Waals surface area (Å²) < 4.78 is 28.8. The monoisotopic (exact) mass is 527 g/mol. The number of piperazine rings is 1. The summed E-state index contributed by atoms with van der Waals surface area (Å²) in [6.07, 6.45) is 2.84. The number of hydrogen-bond acceptors (Lipinski definition) is 7. The average molecular weight is 528 g/mol. The Hall–Kier alpha value is -2.53. The van der Waals surface area contributed by atoms with Gasteiger partial charge in [-0.3, -0.25) is 9.69 Å². The quantitative estimate of drug-likeness (QED) is 0.507. The Morgan fingerprint density at radius 3 is 2.50 bits per heavy atom. The van der Waals surface area contributed by atoms with Gasteiger partial charge in [-0.15, -0.1) is 0 Å². The number of hydrogen-bond donors (Lipinski definition) is 1. The van der Waals surface area contributed by atoms with Gasteiger partial charge in [0.15, 0.2) is 5.13 Å². The second-order valence-electron chi connectivity index (χ2n) is 9.53. The van der Waals surface area contributed by atoms with Crippen LogP contribution >= 0.6 is 11.3 Å². The lowest BCUT2D eigenvalue weighted by Crippen LogP contribution is -2.48. The first kappa shape index (κ1) is 25.1. The van der Waals surface area contributed by atoms with Gasteiger partial charge < -0.3 is 10.2 Å². The van der Waals surface area contributed by atoms with Gasteiger partial charge in [-0.25, -0.2) is 13.4 Å². The molecule has 1 unspecified atom stereocenters. The molecule has 192 valence electrons. The van der Waals surface area contributed by atoms with E-state index in [1.54, 1.807) is 39.9 Å². The minimum atomic E-state index is -3.53. The number of rotatable bonds is 7. The molecule has 2 saturated heterocycles. The lowest BCUT2D eigenvalue weighted by Gasteiger charge is -2.34. The molecule has 0 spiro atoms. The molecule has 1 atom stereocenters. The fourth-order valence-electron chi connectivity index (χ4n) is 4.93. The zero-order valence-electron chi connectivity index (χ0n) is 20.6. The van der Waals surface area contributed by atoms with E-state index in [-0.39, 0.29) is 16.8 Å². The highest BCUT2D eigenvalue weighted by Crippen LogP contribution is 2.29. The number of nitrogens with one attached hydrogen (secondary N) is 1. The van der Waals surface area contributed by atoms with E-state index >= 15 is 0 Å². The molecule has 3 aromatic rings. The summed E-state index contributed by atoms with van der Waals surface area (Å²) in [4.78, 5) is 22.3. The van der Waals surface area contributed by atoms with Crippen molar-refractivity contribution >= 4 is 42.6 Å². The van der Waals surface area contributed by atoms with Crippen molar-refractivity contribution in [2.24, 2.45) is 0 Å². The third-order valence-corrected chi connectivity index (χ3v) is 10.2. The minimum absolute atomic E-state index is 0.00907. The normalized spacial score (nSPS) is 20.0. The van der Waals surface area contributed by atoms with Gasteiger partial charge >= 0.3 is 0 Å². The number of thiazole rings is 1. The fraction of sp³-hybridized carbons (Fsp3) is 0.462. The molecule has 0 bridgehead atoms. The molecule has 2 aliphatic heterocycles. The third-order valence-electron chi connectivity index (χ3n) is 7.10. The number of fused-ring (bicyclic) bond motifs is 1. The SMILES string of the molecule is CC1CCCCN1S(=O)(=O)c1ccc(C(=O)NCCN2CCN(c3nc4ccccc4s3)CC2)cc1. The number of para-hydroxylation sites is 1. The molecule has 5 rings (SSSR count). The van der Waals surface area contributed by atoms with Crippen molar-refractivity contribution in [2.45, 2.75) is 37.1 Å². The van der Waals surface area contributed by atoms with Crippen molar-refractivity contribution in [3.05, 3.63) is 54.1 Å². The Labute approximate surface area is 217 Å². The van der Waals surface area contributed by atoms with Crippen LogP contribution in [0.1, 0.15) is 36.5 Å². The van der Waals surface area contributed by atoms with E-state index in [1.807, 2.05) is 19.1 Å². The molecule has 1 N–H and O–H groups in total. The Kier molecular flexibility index (Phi) is 7.57. The first-order valence-corrected chi connectivity index (χ1v) is 14.9. The van der Waals surface area contributed by atoms with Gasteiger partial charge in [0.05, 0.1) is 15.1 Å². The predicted molar refractivity (Wildman–Crippen MR) is 144 cm³/mol. The van der Waals surface area contributed by atoms with Gasteiger partial charge in [0, 0.05) is 57.4 Å². The van der Waals surface area contributed by atoms with Crippen LogP contribution in [0, 0.1) is 0 Å². The molecule has 0 saturated carbocycles. The molecular formula is C26H33N5O3S2. The van der Waals surface area contributed by atoms with E-state index in [0.717, 1.165) is 62.6 Å². The van der Waals surface area contributed by atoms with Crippen molar-refractivity contribution in [1.29, 1.82) is 0 Å². The summed E-state index contributed by atoms with van der Waals surface area (Å²) >= 11 is 1.73. The van der Waals surface area contributed by atoms with Crippen molar-refractivity contribution in [3.8, 4) is 0 Å². The molecule has 2 aliphatic rings. The van der Waals surface area contributed by atoms with E-state index in [2.05, 4.69) is 27.2 Å². The highest BCUT2D eigenvalue weighted by atomic mass is 32.2. The Morgan fingerprint density at radius 1 is 1.03 bits per heavy atom. The minimum Gasteiger partial charge on any atom is -0.351 e. The van der Waals surface area contributed by atoms with Crippen molar-refractivity contribution in [2.75, 3.05) is 50.7 Å². The van der Waals surface area contributed by atoms with Crippen LogP contribution in [-0.4, -0.2) is 80.4 Å². The summed E-state index contributed by atoms with van der Waals surface area (Å²) in [5, 5.41) is 4.04. The van der Waals surface area contributed by atoms with Gasteiger partial charge in [-0.05, 0) is 56.2 Å². The molecular weight excluding hydrogens is 494 g/mol. The number of carbonyl (C=O) groups excluding carboxylic acids is 1. The third kappa shape index (κ3) is 5.41. The molecule has 1 aromatic heterocycles. The molecule has 10 heteroatoms. The van der Waals surface area contributed by atoms with E-state index < -0.39 is 10.0 Å². The zero-order chi connectivity index (χ0) is 25.1. The van der Waals surface area contributed by atoms with Crippen molar-refractivity contribution in [1.82, 2.24) is 19.5 Å². The summed E-state index contributed by atoms with van der Waals surface area (Å²) in [7, 11) is -3.53. The van der Waals surface area contributed by atoms with Gasteiger partial charge in [0.1, 0.15) is 0 Å². The van der Waals surface area contributed by atoms with Crippen LogP contribution in [0.2, 0.25) is 0 Å². The van der Waals surface area contributed by atoms with Gasteiger partial charge in [-0.1, -0.05) is 29.9 Å². The molecule has 36 heavy (non-hydrogen) atoms. The van der Waals surface area contributed by atoms with Gasteiger partial charge in [0.2, 0.25) is 10.0 Å². The highest BCUT2D eigenvalue weighted by molar-refractivity contribution is 7.89. The number of sulfonamides is 1. The van der Waals surface area contributed by atoms with Crippen molar-refractivity contribution in [3.63, 3.8) is 0 Å². The lowest BCUT2D eigenvalue weighted by molar-refractivity contribution is 0.0947. The summed E-state index contributed by atoms with van der Waals surface area (Å²) in [5.74, 6) is -0.182. The Balaban J connectivity index is 1.09. The van der Waals surface area contributed by atoms with Crippen LogP contribution in [0.4, 0.5) is 5.13 Å². The second kappa shape index (κ2) is 10.8. The molecule has 3 heterocycles. The molecule has 0 radical (unpaired) electrons. The Bertz CT molecular complexity index is 1270. The standard InChI is InChI=1S/C26H33N5O3S2/c1-20-6-4-5-14-31(20)36(33,34)22-11-9-21(10-12-22)25(32)27-13-15-29-16-18-30(19-17-29)26-28-23-7-2-3-8-24(23)35-26/h2-3,7-12,20H,4-6,13-19H2,1H3,(H,27,32). The van der Waals surface area contributed by atoms with E-state index in [1.165, 1.54) is 4.70 Å². The zero-order valence-corrected chi connectivity index (χ0v) is 22.2. The van der Waals surface area contributed by atoms with Crippen LogP contribution in [0.15, 0.2) is 53.4 Å². The first-order chi connectivity index (χ1) is 17.4. The van der Waals surface area contributed by atoms with E-state index in [4.69, 9.17) is 4.98 Å². The molecule has 1 amide bonds. The van der Waals surface area contributed by atoms with Gasteiger partial charge in [-0.2, -0.15) is 4.31 Å². The number of benzene rings is 2. The maximum absolute atomic E-state index is 13.0. The Morgan fingerprint density at radius 2 is 1.78 bits per heavy atom. The number of aromatic nitrogens is 1. The first-order valence-electron chi connectivity index (χ1n) is 12.6. The molecule has 2 aromatic carbocycles. The van der Waals surface area contributed by atoms with Crippen molar-refractivity contribution < 1.29 is 13.2 Å². The van der Waals surface area contributed by atoms with Gasteiger partial charge in [0.25, 0.3) is 5.91 Å². The van der Waals surface area contributed by atoms with E-state index in [9.17, 15) is 13.2 Å². The van der Waals surface area contributed by atoms with Crippen LogP contribution < -0.4 is 10.2 Å². The lowest BCUT2D eigenvalue weighted by atomic mass is 10.1. The molecule has 0 aliphatic carbocycles. The number of anilines is 1. The maximum Gasteiger partial charge on any atom is 0.251 e. The van der Waals surface area contributed by atoms with Crippen LogP contribution in [0.5, 0.6) is 0 Å². The smallest absolute Gasteiger partial charge is 0.251 e. The largest absolute Gasteiger partial charge is 0.351 e. The second-order valence-corrected chi connectivity index (χ2v) is 12.4. The topological polar surface area (TPSA) is 85.8 Å². The number of amides is 1. The maximum atomic E-state index is 13.0. The van der Waals surface area contributed by atoms with Crippen LogP contribution in [0.25, 0.3) is 10.2 Å². The van der Waals surface area contributed by atoms with E-state index in [0.29, 0.717) is 18.7 Å². The number of carbonyl (C=O) groups is 1. The fourth-order valence-corrected chi connectivity index (χ4v) is 7.65. The highest BCUT2D eigenvalue weighted by Gasteiger charge is 2.31. The number of nitrogens with zero attached hydrogens (tertiary/aromatic N) is 4.